The van der Waals surface area contributed by atoms with Gasteiger partial charge in [-0.05, 0) is 18.6 Å². The fourth-order valence-electron chi connectivity index (χ4n) is 2.10. The lowest BCUT2D eigenvalue weighted by Gasteiger charge is -2.12. The molecule has 2 rings (SSSR count). The minimum atomic E-state index is -0.403. The third-order valence-electron chi connectivity index (χ3n) is 3.35. The predicted molar refractivity (Wildman–Crippen MR) is 81.4 cm³/mol. The maximum Gasteiger partial charge on any atom is 0.274 e. The number of nitro benzene ring substituents is 1. The molecule has 1 atom stereocenters. The molecule has 7 heteroatoms. The van der Waals surface area contributed by atoms with Crippen LogP contribution in [-0.4, -0.2) is 20.5 Å². The highest BCUT2D eigenvalue weighted by molar-refractivity contribution is 6.30. The molecule has 1 aromatic carbocycles. The fraction of sp³-hybridized carbons (Fsp3) is 0.357. The number of imidazole rings is 1. The summed E-state index contributed by atoms with van der Waals surface area (Å²) >= 11 is 5.94. The summed E-state index contributed by atoms with van der Waals surface area (Å²) in [5, 5.41) is 11.6. The molecular weight excluding hydrogens is 292 g/mol. The summed E-state index contributed by atoms with van der Waals surface area (Å²) in [5.41, 5.74) is 6.55. The van der Waals surface area contributed by atoms with Crippen molar-refractivity contribution >= 4 is 17.3 Å². The number of rotatable bonds is 6. The number of nitrogens with two attached hydrogens (primary N) is 1. The molecule has 0 spiro atoms. The standard InChI is InChI=1S/C14H17ClN4O2/c1-2-12(16)8-14-17-5-6-18(14)9-10-7-11(15)3-4-13(10)19(20)21/h3-7,12H,2,8-9,16H2,1H3. The minimum absolute atomic E-state index is 0.0282. The Bertz CT molecular complexity index is 642. The number of halogens is 1. The zero-order chi connectivity index (χ0) is 15.4. The van der Waals surface area contributed by atoms with Crippen molar-refractivity contribution in [1.82, 2.24) is 9.55 Å². The molecular formula is C14H17ClN4O2. The van der Waals surface area contributed by atoms with Crippen molar-refractivity contribution in [3.63, 3.8) is 0 Å². The Balaban J connectivity index is 2.28. The highest BCUT2D eigenvalue weighted by Crippen LogP contribution is 2.24. The van der Waals surface area contributed by atoms with Gasteiger partial charge in [-0.3, -0.25) is 10.1 Å². The Kier molecular flexibility index (Phi) is 4.93. The summed E-state index contributed by atoms with van der Waals surface area (Å²) in [6.45, 7) is 2.36. The van der Waals surface area contributed by atoms with Crippen LogP contribution in [0.15, 0.2) is 30.6 Å². The zero-order valence-electron chi connectivity index (χ0n) is 11.7. The molecule has 21 heavy (non-hydrogen) atoms. The number of aromatic nitrogens is 2. The second kappa shape index (κ2) is 6.69. The van der Waals surface area contributed by atoms with E-state index in [9.17, 15) is 10.1 Å². The molecule has 2 N–H and O–H groups in total. The first-order valence-electron chi connectivity index (χ1n) is 6.69. The van der Waals surface area contributed by atoms with Gasteiger partial charge in [0.1, 0.15) is 5.82 Å². The van der Waals surface area contributed by atoms with Crippen LogP contribution >= 0.6 is 11.6 Å². The third kappa shape index (κ3) is 3.80. The van der Waals surface area contributed by atoms with Crippen molar-refractivity contribution in [2.45, 2.75) is 32.4 Å². The average Bonchev–Trinajstić information content (AvgIpc) is 2.85. The van der Waals surface area contributed by atoms with Crippen LogP contribution in [0.1, 0.15) is 24.7 Å². The topological polar surface area (TPSA) is 87.0 Å². The number of nitrogens with zero attached hydrogens (tertiary/aromatic N) is 3. The minimum Gasteiger partial charge on any atom is -0.330 e. The van der Waals surface area contributed by atoms with Gasteiger partial charge in [0, 0.05) is 35.9 Å². The number of nitro groups is 1. The third-order valence-corrected chi connectivity index (χ3v) is 3.58. The molecule has 0 aliphatic heterocycles. The van der Waals surface area contributed by atoms with E-state index in [1.165, 1.54) is 12.1 Å². The van der Waals surface area contributed by atoms with E-state index in [4.69, 9.17) is 17.3 Å². The molecule has 0 fully saturated rings. The van der Waals surface area contributed by atoms with Crippen molar-refractivity contribution < 1.29 is 4.92 Å². The normalized spacial score (nSPS) is 12.3. The Hall–Kier alpha value is -1.92. The van der Waals surface area contributed by atoms with Crippen LogP contribution in [0, 0.1) is 10.1 Å². The van der Waals surface area contributed by atoms with Crippen LogP contribution in [0.5, 0.6) is 0 Å². The summed E-state index contributed by atoms with van der Waals surface area (Å²) in [6, 6.07) is 4.58. The van der Waals surface area contributed by atoms with E-state index in [-0.39, 0.29) is 11.7 Å². The largest absolute Gasteiger partial charge is 0.330 e. The van der Waals surface area contributed by atoms with Crippen molar-refractivity contribution in [3.05, 3.63) is 57.1 Å². The van der Waals surface area contributed by atoms with Crippen LogP contribution < -0.4 is 5.73 Å². The molecule has 0 radical (unpaired) electrons. The highest BCUT2D eigenvalue weighted by Gasteiger charge is 2.16. The van der Waals surface area contributed by atoms with E-state index in [0.717, 1.165) is 12.2 Å². The van der Waals surface area contributed by atoms with E-state index in [0.29, 0.717) is 23.6 Å². The van der Waals surface area contributed by atoms with Crippen molar-refractivity contribution in [2.75, 3.05) is 0 Å². The molecule has 1 heterocycles. The molecule has 1 unspecified atom stereocenters. The first kappa shape index (κ1) is 15.5. The molecule has 6 nitrogen and oxygen atoms in total. The number of benzene rings is 1. The van der Waals surface area contributed by atoms with E-state index in [1.807, 2.05) is 11.5 Å². The van der Waals surface area contributed by atoms with Gasteiger partial charge in [-0.1, -0.05) is 18.5 Å². The summed E-state index contributed by atoms with van der Waals surface area (Å²) in [4.78, 5) is 15.0. The van der Waals surface area contributed by atoms with Crippen LogP contribution in [0.4, 0.5) is 5.69 Å². The van der Waals surface area contributed by atoms with Crippen LogP contribution in [0.3, 0.4) is 0 Å². The van der Waals surface area contributed by atoms with Gasteiger partial charge < -0.3 is 10.3 Å². The predicted octanol–water partition coefficient (Wildman–Crippen LogP) is 2.77. The van der Waals surface area contributed by atoms with E-state index in [1.54, 1.807) is 18.5 Å². The summed E-state index contributed by atoms with van der Waals surface area (Å²) in [7, 11) is 0. The van der Waals surface area contributed by atoms with E-state index in [2.05, 4.69) is 4.98 Å². The molecule has 112 valence electrons. The highest BCUT2D eigenvalue weighted by atomic mass is 35.5. The van der Waals surface area contributed by atoms with E-state index >= 15 is 0 Å². The Morgan fingerprint density at radius 3 is 2.95 bits per heavy atom. The first-order valence-corrected chi connectivity index (χ1v) is 7.07. The number of hydrogen-bond donors (Lipinski definition) is 1. The second-order valence-electron chi connectivity index (χ2n) is 4.87. The summed E-state index contributed by atoms with van der Waals surface area (Å²) in [6.07, 6.45) is 4.96. The van der Waals surface area contributed by atoms with Crippen LogP contribution in [0.2, 0.25) is 5.02 Å². The first-order chi connectivity index (χ1) is 10.0. The molecule has 2 aromatic rings. The monoisotopic (exact) mass is 308 g/mol. The van der Waals surface area contributed by atoms with Gasteiger partial charge in [-0.15, -0.1) is 0 Å². The Morgan fingerprint density at radius 1 is 1.52 bits per heavy atom. The molecule has 0 saturated carbocycles. The molecule has 0 aliphatic rings. The molecule has 0 saturated heterocycles. The lowest BCUT2D eigenvalue weighted by molar-refractivity contribution is -0.385. The lowest BCUT2D eigenvalue weighted by Crippen LogP contribution is -2.23. The molecule has 0 amide bonds. The quantitative estimate of drug-likeness (QED) is 0.656. The van der Waals surface area contributed by atoms with Crippen molar-refractivity contribution in [1.29, 1.82) is 0 Å². The average molecular weight is 309 g/mol. The molecule has 0 bridgehead atoms. The Labute approximate surface area is 127 Å². The SMILES string of the molecule is CCC(N)Cc1nccn1Cc1cc(Cl)ccc1[N+](=O)[O-]. The van der Waals surface area contributed by atoms with Crippen LogP contribution in [0.25, 0.3) is 0 Å². The maximum absolute atomic E-state index is 11.1. The van der Waals surface area contributed by atoms with E-state index < -0.39 is 4.92 Å². The van der Waals surface area contributed by atoms with Gasteiger partial charge in [0.25, 0.3) is 5.69 Å². The van der Waals surface area contributed by atoms with Gasteiger partial charge in [-0.2, -0.15) is 0 Å². The number of hydrogen-bond acceptors (Lipinski definition) is 4. The Morgan fingerprint density at radius 2 is 2.29 bits per heavy atom. The van der Waals surface area contributed by atoms with Gasteiger partial charge in [0.15, 0.2) is 0 Å². The smallest absolute Gasteiger partial charge is 0.274 e. The van der Waals surface area contributed by atoms with Crippen molar-refractivity contribution in [3.8, 4) is 0 Å². The molecule has 1 aromatic heterocycles. The van der Waals surface area contributed by atoms with Crippen LogP contribution in [-0.2, 0) is 13.0 Å². The van der Waals surface area contributed by atoms with Gasteiger partial charge in [0.05, 0.1) is 17.0 Å². The molecule has 0 aliphatic carbocycles. The van der Waals surface area contributed by atoms with Gasteiger partial charge >= 0.3 is 0 Å². The second-order valence-corrected chi connectivity index (χ2v) is 5.31. The zero-order valence-corrected chi connectivity index (χ0v) is 12.5. The summed E-state index contributed by atoms with van der Waals surface area (Å²) in [5.74, 6) is 0.818. The van der Waals surface area contributed by atoms with Gasteiger partial charge in [0.2, 0.25) is 0 Å². The maximum atomic E-state index is 11.1. The van der Waals surface area contributed by atoms with Gasteiger partial charge in [-0.25, -0.2) is 4.98 Å². The van der Waals surface area contributed by atoms with Crippen molar-refractivity contribution in [2.24, 2.45) is 5.73 Å². The fourth-order valence-corrected chi connectivity index (χ4v) is 2.29. The lowest BCUT2D eigenvalue weighted by atomic mass is 10.1. The summed E-state index contributed by atoms with van der Waals surface area (Å²) < 4.78 is 1.87.